The average molecular weight is 232 g/mol. The van der Waals surface area contributed by atoms with Crippen LogP contribution in [-0.2, 0) is 0 Å². The lowest BCUT2D eigenvalue weighted by atomic mass is 10.1. The van der Waals surface area contributed by atoms with Gasteiger partial charge in [0.05, 0.1) is 9.21 Å². The molecule has 0 bridgehead atoms. The molecule has 14 heavy (non-hydrogen) atoms. The molecule has 1 amide bonds. The molecule has 4 heteroatoms. The van der Waals surface area contributed by atoms with Gasteiger partial charge in [0.15, 0.2) is 0 Å². The number of halogens is 1. The molecule has 1 heterocycles. The second kappa shape index (κ2) is 5.37. The summed E-state index contributed by atoms with van der Waals surface area (Å²) in [5.74, 6) is 0.588. The van der Waals surface area contributed by atoms with Crippen molar-refractivity contribution in [3.05, 3.63) is 21.3 Å². The highest BCUT2D eigenvalue weighted by molar-refractivity contribution is 7.17. The Balaban J connectivity index is 2.36. The predicted octanol–water partition coefficient (Wildman–Crippen LogP) is 3.18. The first kappa shape index (κ1) is 11.5. The van der Waals surface area contributed by atoms with E-state index in [2.05, 4.69) is 19.2 Å². The van der Waals surface area contributed by atoms with Crippen LogP contribution >= 0.6 is 22.9 Å². The number of nitrogens with one attached hydrogen (secondary N) is 1. The summed E-state index contributed by atoms with van der Waals surface area (Å²) in [5, 5.41) is 2.86. The van der Waals surface area contributed by atoms with E-state index in [1.807, 2.05) is 0 Å². The number of hydrogen-bond donors (Lipinski definition) is 1. The summed E-state index contributed by atoms with van der Waals surface area (Å²) in [5.41, 5.74) is 0. The zero-order valence-corrected chi connectivity index (χ0v) is 9.91. The van der Waals surface area contributed by atoms with E-state index < -0.39 is 0 Å². The number of carbonyl (C=O) groups is 1. The van der Waals surface area contributed by atoms with Gasteiger partial charge >= 0.3 is 0 Å². The molecule has 0 saturated heterocycles. The maximum atomic E-state index is 11.5. The van der Waals surface area contributed by atoms with E-state index in [4.69, 9.17) is 11.6 Å². The third-order valence-corrected chi connectivity index (χ3v) is 3.03. The topological polar surface area (TPSA) is 29.1 Å². The predicted molar refractivity (Wildman–Crippen MR) is 61.1 cm³/mol. The Morgan fingerprint density at radius 3 is 2.79 bits per heavy atom. The van der Waals surface area contributed by atoms with Crippen LogP contribution in [0.4, 0.5) is 0 Å². The highest BCUT2D eigenvalue weighted by Crippen LogP contribution is 2.20. The molecular formula is C10H14ClNOS. The van der Waals surface area contributed by atoms with Crippen LogP contribution in [0.3, 0.4) is 0 Å². The van der Waals surface area contributed by atoms with Crippen LogP contribution < -0.4 is 5.32 Å². The molecule has 0 fully saturated rings. The van der Waals surface area contributed by atoms with Gasteiger partial charge in [-0.25, -0.2) is 0 Å². The third-order valence-electron chi connectivity index (χ3n) is 1.80. The first-order valence-electron chi connectivity index (χ1n) is 4.63. The summed E-state index contributed by atoms with van der Waals surface area (Å²) >= 11 is 7.04. The zero-order valence-electron chi connectivity index (χ0n) is 8.34. The molecule has 0 unspecified atom stereocenters. The molecule has 0 saturated carbocycles. The van der Waals surface area contributed by atoms with Crippen molar-refractivity contribution in [2.75, 3.05) is 6.54 Å². The van der Waals surface area contributed by atoms with Gasteiger partial charge < -0.3 is 5.32 Å². The molecule has 78 valence electrons. The average Bonchev–Trinajstić information content (AvgIpc) is 2.51. The van der Waals surface area contributed by atoms with Gasteiger partial charge in [0, 0.05) is 6.54 Å². The SMILES string of the molecule is CC(C)CCNC(=O)c1ccc(Cl)s1. The second-order valence-corrected chi connectivity index (χ2v) is 5.26. The Morgan fingerprint density at radius 2 is 2.29 bits per heavy atom. The van der Waals surface area contributed by atoms with E-state index in [-0.39, 0.29) is 5.91 Å². The molecule has 0 atom stereocenters. The van der Waals surface area contributed by atoms with Gasteiger partial charge in [0.1, 0.15) is 0 Å². The Hall–Kier alpha value is -0.540. The quantitative estimate of drug-likeness (QED) is 0.848. The molecule has 1 aromatic heterocycles. The van der Waals surface area contributed by atoms with E-state index >= 15 is 0 Å². The summed E-state index contributed by atoms with van der Waals surface area (Å²) < 4.78 is 0.652. The summed E-state index contributed by atoms with van der Waals surface area (Å²) in [7, 11) is 0. The highest BCUT2D eigenvalue weighted by atomic mass is 35.5. The van der Waals surface area contributed by atoms with Gasteiger partial charge in [0.25, 0.3) is 5.91 Å². The van der Waals surface area contributed by atoms with Crippen LogP contribution in [0.1, 0.15) is 29.9 Å². The van der Waals surface area contributed by atoms with Gasteiger partial charge in [-0.2, -0.15) is 0 Å². The maximum Gasteiger partial charge on any atom is 0.261 e. The van der Waals surface area contributed by atoms with Crippen molar-refractivity contribution in [1.82, 2.24) is 5.32 Å². The number of thiophene rings is 1. The lowest BCUT2D eigenvalue weighted by Crippen LogP contribution is -2.24. The summed E-state index contributed by atoms with van der Waals surface area (Å²) in [6.45, 7) is 4.99. The van der Waals surface area contributed by atoms with Crippen molar-refractivity contribution < 1.29 is 4.79 Å². The fourth-order valence-electron chi connectivity index (χ4n) is 0.998. The summed E-state index contributed by atoms with van der Waals surface area (Å²) in [6, 6.07) is 3.49. The largest absolute Gasteiger partial charge is 0.351 e. The Bertz CT molecular complexity index is 309. The number of carbonyl (C=O) groups excluding carboxylic acids is 1. The molecule has 0 radical (unpaired) electrons. The van der Waals surface area contributed by atoms with Gasteiger partial charge in [-0.15, -0.1) is 11.3 Å². The van der Waals surface area contributed by atoms with Crippen LogP contribution in [0.2, 0.25) is 4.34 Å². The molecule has 1 aromatic rings. The molecule has 1 N–H and O–H groups in total. The second-order valence-electron chi connectivity index (χ2n) is 3.54. The molecule has 0 spiro atoms. The number of hydrogen-bond acceptors (Lipinski definition) is 2. The molecule has 2 nitrogen and oxygen atoms in total. The van der Waals surface area contributed by atoms with Crippen molar-refractivity contribution in [1.29, 1.82) is 0 Å². The minimum atomic E-state index is -0.0254. The fraction of sp³-hybridized carbons (Fsp3) is 0.500. The lowest BCUT2D eigenvalue weighted by Gasteiger charge is -2.05. The van der Waals surface area contributed by atoms with Gasteiger partial charge in [-0.1, -0.05) is 25.4 Å². The third kappa shape index (κ3) is 3.68. The smallest absolute Gasteiger partial charge is 0.261 e. The zero-order chi connectivity index (χ0) is 10.6. The van der Waals surface area contributed by atoms with Crippen molar-refractivity contribution in [3.8, 4) is 0 Å². The van der Waals surface area contributed by atoms with Crippen LogP contribution in [-0.4, -0.2) is 12.5 Å². The van der Waals surface area contributed by atoms with Crippen molar-refractivity contribution in [3.63, 3.8) is 0 Å². The Labute approximate surface area is 93.3 Å². The standard InChI is InChI=1S/C10H14ClNOS/c1-7(2)5-6-12-10(13)8-3-4-9(11)14-8/h3-4,7H,5-6H2,1-2H3,(H,12,13). The Kier molecular flexibility index (Phi) is 4.42. The monoisotopic (exact) mass is 231 g/mol. The first-order valence-corrected chi connectivity index (χ1v) is 5.82. The number of amides is 1. The van der Waals surface area contributed by atoms with Crippen molar-refractivity contribution in [2.24, 2.45) is 5.92 Å². The van der Waals surface area contributed by atoms with E-state index in [0.29, 0.717) is 15.1 Å². The van der Waals surface area contributed by atoms with E-state index in [1.165, 1.54) is 11.3 Å². The molecule has 0 aliphatic carbocycles. The first-order chi connectivity index (χ1) is 6.59. The van der Waals surface area contributed by atoms with Gasteiger partial charge in [-0.05, 0) is 24.5 Å². The normalized spacial score (nSPS) is 10.6. The highest BCUT2D eigenvalue weighted by Gasteiger charge is 2.07. The minimum Gasteiger partial charge on any atom is -0.351 e. The van der Waals surface area contributed by atoms with E-state index in [9.17, 15) is 4.79 Å². The summed E-state index contributed by atoms with van der Waals surface area (Å²) in [4.78, 5) is 12.2. The summed E-state index contributed by atoms with van der Waals surface area (Å²) in [6.07, 6.45) is 1.00. The molecular weight excluding hydrogens is 218 g/mol. The van der Waals surface area contributed by atoms with Crippen LogP contribution in [0.15, 0.2) is 12.1 Å². The fourth-order valence-corrected chi connectivity index (χ4v) is 1.96. The molecule has 1 rings (SSSR count). The lowest BCUT2D eigenvalue weighted by molar-refractivity contribution is 0.0956. The van der Waals surface area contributed by atoms with Crippen molar-refractivity contribution >= 4 is 28.8 Å². The molecule has 0 aliphatic rings. The van der Waals surface area contributed by atoms with Crippen molar-refractivity contribution in [2.45, 2.75) is 20.3 Å². The molecule has 0 aromatic carbocycles. The van der Waals surface area contributed by atoms with Crippen LogP contribution in [0.25, 0.3) is 0 Å². The van der Waals surface area contributed by atoms with Crippen LogP contribution in [0.5, 0.6) is 0 Å². The van der Waals surface area contributed by atoms with E-state index in [1.54, 1.807) is 12.1 Å². The Morgan fingerprint density at radius 1 is 1.57 bits per heavy atom. The van der Waals surface area contributed by atoms with Crippen LogP contribution in [0, 0.1) is 5.92 Å². The van der Waals surface area contributed by atoms with E-state index in [0.717, 1.165) is 13.0 Å². The maximum absolute atomic E-state index is 11.5. The van der Waals surface area contributed by atoms with Gasteiger partial charge in [0.2, 0.25) is 0 Å². The minimum absolute atomic E-state index is 0.0254. The number of rotatable bonds is 4. The molecule has 0 aliphatic heterocycles. The van der Waals surface area contributed by atoms with Gasteiger partial charge in [-0.3, -0.25) is 4.79 Å².